The number of benzene rings is 2. The highest BCUT2D eigenvalue weighted by molar-refractivity contribution is 5.98. The van der Waals surface area contributed by atoms with Crippen LogP contribution in [0.3, 0.4) is 0 Å². The van der Waals surface area contributed by atoms with E-state index in [0.717, 1.165) is 24.2 Å². The Morgan fingerprint density at radius 1 is 0.929 bits per heavy atom. The SMILES string of the molecule is Cc1ccccc1C(=O)NC(CC(C)C)C(=O)NCCCNc1ccccc1. The van der Waals surface area contributed by atoms with Crippen molar-refractivity contribution >= 4 is 17.5 Å². The fraction of sp³-hybridized carbons (Fsp3) is 0.391. The third kappa shape index (κ3) is 7.06. The van der Waals surface area contributed by atoms with E-state index in [2.05, 4.69) is 16.0 Å². The van der Waals surface area contributed by atoms with Crippen LogP contribution in [0.1, 0.15) is 42.6 Å². The van der Waals surface area contributed by atoms with Crippen LogP contribution in [-0.4, -0.2) is 30.9 Å². The number of carbonyl (C=O) groups is 2. The Bertz CT molecular complexity index is 759. The fourth-order valence-electron chi connectivity index (χ4n) is 2.98. The largest absolute Gasteiger partial charge is 0.385 e. The molecule has 5 nitrogen and oxygen atoms in total. The van der Waals surface area contributed by atoms with Crippen LogP contribution in [-0.2, 0) is 4.79 Å². The summed E-state index contributed by atoms with van der Waals surface area (Å²) in [5.74, 6) is -0.0346. The van der Waals surface area contributed by atoms with Gasteiger partial charge in [0.1, 0.15) is 6.04 Å². The number of para-hydroxylation sites is 1. The van der Waals surface area contributed by atoms with Gasteiger partial charge in [0.05, 0.1) is 0 Å². The van der Waals surface area contributed by atoms with Gasteiger partial charge in [0.25, 0.3) is 5.91 Å². The van der Waals surface area contributed by atoms with Crippen LogP contribution in [0.15, 0.2) is 54.6 Å². The molecular formula is C23H31N3O2. The Kier molecular flexibility index (Phi) is 8.53. The quantitative estimate of drug-likeness (QED) is 0.549. The lowest BCUT2D eigenvalue weighted by molar-refractivity contribution is -0.123. The van der Waals surface area contributed by atoms with Crippen LogP contribution in [0.25, 0.3) is 0 Å². The molecule has 0 saturated heterocycles. The Labute approximate surface area is 167 Å². The first-order valence-electron chi connectivity index (χ1n) is 9.90. The monoisotopic (exact) mass is 381 g/mol. The lowest BCUT2D eigenvalue weighted by Crippen LogP contribution is -2.47. The van der Waals surface area contributed by atoms with Gasteiger partial charge in [0.2, 0.25) is 5.91 Å². The molecule has 1 atom stereocenters. The van der Waals surface area contributed by atoms with Crippen molar-refractivity contribution in [3.8, 4) is 0 Å². The molecule has 0 aromatic heterocycles. The molecule has 0 aliphatic rings. The zero-order valence-electron chi connectivity index (χ0n) is 17.0. The summed E-state index contributed by atoms with van der Waals surface area (Å²) in [4.78, 5) is 25.2. The summed E-state index contributed by atoms with van der Waals surface area (Å²) in [7, 11) is 0. The molecule has 2 amide bonds. The van der Waals surface area contributed by atoms with E-state index in [9.17, 15) is 9.59 Å². The topological polar surface area (TPSA) is 70.2 Å². The summed E-state index contributed by atoms with van der Waals surface area (Å²) >= 11 is 0. The van der Waals surface area contributed by atoms with Gasteiger partial charge in [-0.15, -0.1) is 0 Å². The van der Waals surface area contributed by atoms with E-state index >= 15 is 0 Å². The molecule has 150 valence electrons. The molecule has 0 bridgehead atoms. The molecule has 3 N–H and O–H groups in total. The van der Waals surface area contributed by atoms with Crippen molar-refractivity contribution < 1.29 is 9.59 Å². The molecule has 0 aliphatic carbocycles. The van der Waals surface area contributed by atoms with Crippen molar-refractivity contribution in [1.29, 1.82) is 0 Å². The van der Waals surface area contributed by atoms with Crippen LogP contribution in [0.4, 0.5) is 5.69 Å². The molecule has 0 aliphatic heterocycles. The second-order valence-corrected chi connectivity index (χ2v) is 7.41. The second-order valence-electron chi connectivity index (χ2n) is 7.41. The highest BCUT2D eigenvalue weighted by Crippen LogP contribution is 2.10. The van der Waals surface area contributed by atoms with E-state index in [-0.39, 0.29) is 11.8 Å². The van der Waals surface area contributed by atoms with Crippen molar-refractivity contribution in [2.24, 2.45) is 5.92 Å². The van der Waals surface area contributed by atoms with Gasteiger partial charge in [-0.25, -0.2) is 0 Å². The van der Waals surface area contributed by atoms with Crippen molar-refractivity contribution in [3.63, 3.8) is 0 Å². The molecule has 1 unspecified atom stereocenters. The van der Waals surface area contributed by atoms with Crippen LogP contribution in [0.5, 0.6) is 0 Å². The molecule has 0 radical (unpaired) electrons. The van der Waals surface area contributed by atoms with E-state index in [0.29, 0.717) is 24.4 Å². The highest BCUT2D eigenvalue weighted by atomic mass is 16.2. The Morgan fingerprint density at radius 2 is 1.61 bits per heavy atom. The molecule has 5 heteroatoms. The van der Waals surface area contributed by atoms with Gasteiger partial charge >= 0.3 is 0 Å². The Morgan fingerprint density at radius 3 is 2.29 bits per heavy atom. The molecule has 2 aromatic carbocycles. The molecule has 28 heavy (non-hydrogen) atoms. The van der Waals surface area contributed by atoms with Gasteiger partial charge in [0, 0.05) is 24.3 Å². The summed E-state index contributed by atoms with van der Waals surface area (Å²) in [6.45, 7) is 7.32. The van der Waals surface area contributed by atoms with E-state index in [1.54, 1.807) is 6.07 Å². The van der Waals surface area contributed by atoms with Crippen molar-refractivity contribution in [1.82, 2.24) is 10.6 Å². The predicted molar refractivity (Wildman–Crippen MR) is 114 cm³/mol. The second kappa shape index (κ2) is 11.1. The smallest absolute Gasteiger partial charge is 0.252 e. The summed E-state index contributed by atoms with van der Waals surface area (Å²) in [5, 5.41) is 9.18. The van der Waals surface area contributed by atoms with Gasteiger partial charge in [0.15, 0.2) is 0 Å². The standard InChI is InChI=1S/C23H31N3O2/c1-17(2)16-21(26-22(27)20-13-8-7-10-18(20)3)23(28)25-15-9-14-24-19-11-5-4-6-12-19/h4-8,10-13,17,21,24H,9,14-16H2,1-3H3,(H,25,28)(H,26,27). The normalized spacial score (nSPS) is 11.7. The van der Waals surface area contributed by atoms with Gasteiger partial charge in [-0.05, 0) is 49.4 Å². The number of rotatable bonds is 10. The van der Waals surface area contributed by atoms with Crippen molar-refractivity contribution in [3.05, 3.63) is 65.7 Å². The lowest BCUT2D eigenvalue weighted by atomic mass is 10.0. The number of amides is 2. The van der Waals surface area contributed by atoms with E-state index < -0.39 is 6.04 Å². The first kappa shape index (κ1) is 21.5. The maximum atomic E-state index is 12.6. The van der Waals surface area contributed by atoms with Crippen LogP contribution in [0, 0.1) is 12.8 Å². The third-order valence-corrected chi connectivity index (χ3v) is 4.47. The number of carbonyl (C=O) groups excluding carboxylic acids is 2. The highest BCUT2D eigenvalue weighted by Gasteiger charge is 2.22. The van der Waals surface area contributed by atoms with Gasteiger partial charge in [-0.2, -0.15) is 0 Å². The molecule has 0 saturated carbocycles. The first-order chi connectivity index (χ1) is 13.5. The maximum Gasteiger partial charge on any atom is 0.252 e. The summed E-state index contributed by atoms with van der Waals surface area (Å²) in [5.41, 5.74) is 2.57. The minimum atomic E-state index is -0.533. The fourth-order valence-corrected chi connectivity index (χ4v) is 2.98. The number of nitrogens with one attached hydrogen (secondary N) is 3. The molecule has 2 rings (SSSR count). The third-order valence-electron chi connectivity index (χ3n) is 4.47. The summed E-state index contributed by atoms with van der Waals surface area (Å²) in [6.07, 6.45) is 1.41. The average Bonchev–Trinajstić information content (AvgIpc) is 2.67. The number of aryl methyl sites for hydroxylation is 1. The molecule has 2 aromatic rings. The Balaban J connectivity index is 1.83. The van der Waals surface area contributed by atoms with Crippen LogP contribution in [0.2, 0.25) is 0 Å². The predicted octanol–water partition coefficient (Wildman–Crippen LogP) is 3.76. The molecule has 0 spiro atoms. The van der Waals surface area contributed by atoms with Crippen LogP contribution >= 0.6 is 0 Å². The zero-order valence-corrected chi connectivity index (χ0v) is 17.0. The average molecular weight is 382 g/mol. The van der Waals surface area contributed by atoms with E-state index in [1.165, 1.54) is 0 Å². The van der Waals surface area contributed by atoms with Crippen LogP contribution < -0.4 is 16.0 Å². The van der Waals surface area contributed by atoms with E-state index in [4.69, 9.17) is 0 Å². The molecule has 0 heterocycles. The molecule has 0 fully saturated rings. The zero-order chi connectivity index (χ0) is 20.4. The van der Waals surface area contributed by atoms with Gasteiger partial charge < -0.3 is 16.0 Å². The summed E-state index contributed by atoms with van der Waals surface area (Å²) < 4.78 is 0. The van der Waals surface area contributed by atoms with Gasteiger partial charge in [-0.1, -0.05) is 50.2 Å². The minimum Gasteiger partial charge on any atom is -0.385 e. The van der Waals surface area contributed by atoms with Crippen molar-refractivity contribution in [2.75, 3.05) is 18.4 Å². The van der Waals surface area contributed by atoms with E-state index in [1.807, 2.05) is 69.3 Å². The maximum absolute atomic E-state index is 12.6. The number of anilines is 1. The first-order valence-corrected chi connectivity index (χ1v) is 9.90. The minimum absolute atomic E-state index is 0.129. The summed E-state index contributed by atoms with van der Waals surface area (Å²) in [6, 6.07) is 16.8. The van der Waals surface area contributed by atoms with Crippen molar-refractivity contribution in [2.45, 2.75) is 39.7 Å². The number of hydrogen-bond donors (Lipinski definition) is 3. The Hall–Kier alpha value is -2.82. The molecular weight excluding hydrogens is 350 g/mol. The number of hydrogen-bond acceptors (Lipinski definition) is 3. The lowest BCUT2D eigenvalue weighted by Gasteiger charge is -2.21. The van der Waals surface area contributed by atoms with Gasteiger partial charge in [-0.3, -0.25) is 9.59 Å².